The fourth-order valence-corrected chi connectivity index (χ4v) is 5.18. The maximum Gasteiger partial charge on any atom is 0.255 e. The lowest BCUT2D eigenvalue weighted by Gasteiger charge is -2.39. The van der Waals surface area contributed by atoms with Crippen LogP contribution in [0.15, 0.2) is 30.0 Å². The Bertz CT molecular complexity index is 628. The Kier molecular flexibility index (Phi) is 3.61. The van der Waals surface area contributed by atoms with Gasteiger partial charge in [0.1, 0.15) is 17.7 Å². The van der Waals surface area contributed by atoms with Crippen LogP contribution in [0.5, 0.6) is 0 Å². The molecule has 110 valence electrons. The van der Waals surface area contributed by atoms with Gasteiger partial charge in [0.2, 0.25) is 0 Å². The third-order valence-corrected chi connectivity index (χ3v) is 6.24. The van der Waals surface area contributed by atoms with Crippen LogP contribution in [-0.2, 0) is 9.59 Å². The van der Waals surface area contributed by atoms with Crippen LogP contribution >= 0.6 is 23.5 Å². The molecule has 2 aliphatic rings. The highest BCUT2D eigenvalue weighted by Crippen LogP contribution is 2.54. The molecule has 21 heavy (non-hydrogen) atoms. The Morgan fingerprint density at radius 2 is 2.24 bits per heavy atom. The van der Waals surface area contributed by atoms with Gasteiger partial charge in [-0.05, 0) is 32.2 Å². The molecule has 4 nitrogen and oxygen atoms in total. The van der Waals surface area contributed by atoms with E-state index in [-0.39, 0.29) is 22.1 Å². The van der Waals surface area contributed by atoms with Gasteiger partial charge < -0.3 is 9.69 Å². The monoisotopic (exact) mass is 320 g/mol. The van der Waals surface area contributed by atoms with Crippen LogP contribution in [0, 0.1) is 0 Å². The van der Waals surface area contributed by atoms with E-state index in [4.69, 9.17) is 0 Å². The zero-order valence-corrected chi connectivity index (χ0v) is 13.7. The highest BCUT2D eigenvalue weighted by Gasteiger charge is 2.59. The number of aldehydes is 1. The van der Waals surface area contributed by atoms with Gasteiger partial charge in [0.05, 0.1) is 11.3 Å². The number of thioether (sulfide) groups is 2. The molecule has 0 bridgehead atoms. The van der Waals surface area contributed by atoms with Gasteiger partial charge in [-0.15, -0.1) is 23.5 Å². The minimum atomic E-state index is -0.351. The van der Waals surface area contributed by atoms with E-state index in [1.807, 2.05) is 38.3 Å². The standard InChI is InChI=1S/C15H16N2O2S2/c1-15(2)10(8-18)17-13(19)11(14(17)21-15)12(20-3)9-6-4-5-7-16-9/h4-8,10,14H,1-3H3/b12-11+/t10-,14?/m0/s1. The topological polar surface area (TPSA) is 50.3 Å². The van der Waals surface area contributed by atoms with Crippen molar-refractivity contribution in [2.24, 2.45) is 0 Å². The van der Waals surface area contributed by atoms with E-state index in [2.05, 4.69) is 4.98 Å². The fraction of sp³-hybridized carbons (Fsp3) is 0.400. The summed E-state index contributed by atoms with van der Waals surface area (Å²) in [6, 6.07) is 5.34. The number of hydrogen-bond donors (Lipinski definition) is 0. The number of fused-ring (bicyclic) bond motifs is 1. The average molecular weight is 320 g/mol. The quantitative estimate of drug-likeness (QED) is 0.486. The Labute approximate surface area is 132 Å². The number of pyridine rings is 1. The van der Waals surface area contributed by atoms with Crippen LogP contribution in [0.3, 0.4) is 0 Å². The number of carbonyl (C=O) groups is 2. The van der Waals surface area contributed by atoms with Crippen LogP contribution in [0.4, 0.5) is 0 Å². The van der Waals surface area contributed by atoms with E-state index in [1.165, 1.54) is 11.8 Å². The molecule has 2 fully saturated rings. The number of carbonyl (C=O) groups excluding carboxylic acids is 2. The minimum Gasteiger partial charge on any atom is -0.311 e. The maximum atomic E-state index is 12.5. The third-order valence-electron chi connectivity index (χ3n) is 3.87. The van der Waals surface area contributed by atoms with E-state index in [1.54, 1.807) is 22.9 Å². The average Bonchev–Trinajstić information content (AvgIpc) is 2.72. The molecule has 0 saturated carbocycles. The third kappa shape index (κ3) is 2.12. The summed E-state index contributed by atoms with van der Waals surface area (Å²) in [5.74, 6) is -0.0369. The first-order chi connectivity index (χ1) is 10.0. The predicted octanol–water partition coefficient (Wildman–Crippen LogP) is 2.42. The number of rotatable bonds is 3. The fourth-order valence-electron chi connectivity index (χ4n) is 2.79. The van der Waals surface area contributed by atoms with E-state index < -0.39 is 0 Å². The Morgan fingerprint density at radius 1 is 1.48 bits per heavy atom. The zero-order chi connectivity index (χ0) is 15.2. The van der Waals surface area contributed by atoms with Crippen molar-refractivity contribution >= 4 is 40.6 Å². The van der Waals surface area contributed by atoms with Gasteiger partial charge >= 0.3 is 0 Å². The van der Waals surface area contributed by atoms with Crippen molar-refractivity contribution in [3.05, 3.63) is 35.7 Å². The van der Waals surface area contributed by atoms with Crippen molar-refractivity contribution < 1.29 is 9.59 Å². The Balaban J connectivity index is 2.04. The van der Waals surface area contributed by atoms with Gasteiger partial charge in [0.25, 0.3) is 5.91 Å². The highest BCUT2D eigenvalue weighted by atomic mass is 32.2. The molecule has 2 saturated heterocycles. The molecular weight excluding hydrogens is 304 g/mol. The summed E-state index contributed by atoms with van der Waals surface area (Å²) in [4.78, 5) is 30.8. The SMILES string of the molecule is CS/C(=C1\C(=O)N2C1SC(C)(C)[C@@H]2C=O)c1ccccn1. The van der Waals surface area contributed by atoms with E-state index in [0.29, 0.717) is 0 Å². The second-order valence-electron chi connectivity index (χ2n) is 5.53. The molecule has 0 aromatic carbocycles. The molecule has 0 aliphatic carbocycles. The minimum absolute atomic E-state index is 0.0350. The van der Waals surface area contributed by atoms with Crippen LogP contribution in [-0.4, -0.2) is 44.5 Å². The van der Waals surface area contributed by atoms with Gasteiger partial charge in [-0.3, -0.25) is 9.78 Å². The van der Waals surface area contributed by atoms with Crippen molar-refractivity contribution in [1.29, 1.82) is 0 Å². The van der Waals surface area contributed by atoms with Gasteiger partial charge in [-0.2, -0.15) is 0 Å². The van der Waals surface area contributed by atoms with Crippen LogP contribution in [0.1, 0.15) is 19.5 Å². The second kappa shape index (κ2) is 5.18. The lowest BCUT2D eigenvalue weighted by atomic mass is 9.96. The largest absolute Gasteiger partial charge is 0.311 e. The lowest BCUT2D eigenvalue weighted by molar-refractivity contribution is -0.139. The zero-order valence-electron chi connectivity index (χ0n) is 12.1. The second-order valence-corrected chi connectivity index (χ2v) is 8.08. The van der Waals surface area contributed by atoms with Gasteiger partial charge in [-0.25, -0.2) is 0 Å². The molecule has 3 rings (SSSR count). The highest BCUT2D eigenvalue weighted by molar-refractivity contribution is 8.08. The molecule has 2 aliphatic heterocycles. The van der Waals surface area contributed by atoms with Crippen LogP contribution in [0.2, 0.25) is 0 Å². The summed E-state index contributed by atoms with van der Waals surface area (Å²) in [5.41, 5.74) is 1.60. The normalized spacial score (nSPS) is 28.9. The van der Waals surface area contributed by atoms with Gasteiger partial charge in [0.15, 0.2) is 0 Å². The molecule has 1 unspecified atom stereocenters. The van der Waals surface area contributed by atoms with Gasteiger partial charge in [-0.1, -0.05) is 6.07 Å². The summed E-state index contributed by atoms with van der Waals surface area (Å²) in [6.07, 6.45) is 4.57. The number of β-lactam (4-membered cyclic amide) rings is 1. The molecular formula is C15H16N2O2S2. The first-order valence-electron chi connectivity index (χ1n) is 6.66. The molecule has 3 heterocycles. The molecule has 0 spiro atoms. The molecule has 1 aromatic heterocycles. The first-order valence-corrected chi connectivity index (χ1v) is 8.77. The Morgan fingerprint density at radius 3 is 2.81 bits per heavy atom. The predicted molar refractivity (Wildman–Crippen MR) is 86.8 cm³/mol. The molecule has 0 radical (unpaired) electrons. The number of amides is 1. The van der Waals surface area contributed by atoms with Crippen LogP contribution < -0.4 is 0 Å². The molecule has 2 atom stereocenters. The van der Waals surface area contributed by atoms with E-state index in [0.717, 1.165) is 22.5 Å². The summed E-state index contributed by atoms with van der Waals surface area (Å²) in [6.45, 7) is 4.03. The van der Waals surface area contributed by atoms with Crippen LogP contribution in [0.25, 0.3) is 4.91 Å². The smallest absolute Gasteiger partial charge is 0.255 e. The number of aromatic nitrogens is 1. The molecule has 1 aromatic rings. The summed E-state index contributed by atoms with van der Waals surface area (Å²) in [7, 11) is 0. The van der Waals surface area contributed by atoms with Crippen molar-refractivity contribution in [3.8, 4) is 0 Å². The maximum absolute atomic E-state index is 12.5. The van der Waals surface area contributed by atoms with Crippen molar-refractivity contribution in [2.75, 3.05) is 6.26 Å². The number of nitrogens with zero attached hydrogens (tertiary/aromatic N) is 2. The Hall–Kier alpha value is -1.27. The van der Waals surface area contributed by atoms with E-state index in [9.17, 15) is 9.59 Å². The summed E-state index contributed by atoms with van der Waals surface area (Å²) in [5, 5.41) is -0.0350. The van der Waals surface area contributed by atoms with E-state index >= 15 is 0 Å². The number of hydrogen-bond acceptors (Lipinski definition) is 5. The molecule has 0 N–H and O–H groups in total. The lowest BCUT2D eigenvalue weighted by Crippen LogP contribution is -2.56. The summed E-state index contributed by atoms with van der Waals surface area (Å²) >= 11 is 3.21. The molecule has 1 amide bonds. The van der Waals surface area contributed by atoms with Gasteiger partial charge in [0, 0.05) is 15.8 Å². The van der Waals surface area contributed by atoms with Crippen molar-refractivity contribution in [3.63, 3.8) is 0 Å². The molecule has 6 heteroatoms. The van der Waals surface area contributed by atoms with Crippen molar-refractivity contribution in [2.45, 2.75) is 30.0 Å². The summed E-state index contributed by atoms with van der Waals surface area (Å²) < 4.78 is -0.253. The van der Waals surface area contributed by atoms with Crippen molar-refractivity contribution in [1.82, 2.24) is 9.88 Å². The first kappa shape index (κ1) is 14.7.